The second-order valence-corrected chi connectivity index (χ2v) is 8.15. The lowest BCUT2D eigenvalue weighted by atomic mass is 9.90. The third-order valence-corrected chi connectivity index (χ3v) is 6.04. The normalized spacial score (nSPS) is 23.5. The lowest BCUT2D eigenvalue weighted by molar-refractivity contribution is 0.0938. The lowest BCUT2D eigenvalue weighted by Gasteiger charge is -2.18. The van der Waals surface area contributed by atoms with Crippen LogP contribution in [0.2, 0.25) is 0 Å². The number of sulfone groups is 1. The molecular formula is C15H19NO4S. The Morgan fingerprint density at radius 3 is 2.48 bits per heavy atom. The molecule has 1 saturated heterocycles. The highest BCUT2D eigenvalue weighted by Crippen LogP contribution is 2.28. The summed E-state index contributed by atoms with van der Waals surface area (Å²) in [5, 5.41) is 12.8. The molecule has 1 aromatic rings. The van der Waals surface area contributed by atoms with Gasteiger partial charge in [-0.1, -0.05) is 0 Å². The summed E-state index contributed by atoms with van der Waals surface area (Å²) in [5.41, 5.74) is 2.47. The van der Waals surface area contributed by atoms with Crippen molar-refractivity contribution in [1.82, 2.24) is 5.32 Å². The van der Waals surface area contributed by atoms with Crippen LogP contribution in [-0.4, -0.2) is 37.0 Å². The van der Waals surface area contributed by atoms with Crippen LogP contribution in [0.15, 0.2) is 12.1 Å². The molecule has 0 saturated carbocycles. The number of carbonyl (C=O) groups is 1. The van der Waals surface area contributed by atoms with Crippen LogP contribution in [0.3, 0.4) is 0 Å². The van der Waals surface area contributed by atoms with Crippen LogP contribution < -0.4 is 5.32 Å². The summed E-state index contributed by atoms with van der Waals surface area (Å²) in [6, 6.07) is 3.08. The zero-order valence-corrected chi connectivity index (χ0v) is 12.6. The first-order chi connectivity index (χ1) is 9.94. The van der Waals surface area contributed by atoms with Crippen molar-refractivity contribution < 1.29 is 18.3 Å². The van der Waals surface area contributed by atoms with Gasteiger partial charge in [0.05, 0.1) is 17.1 Å². The number of hydrogen-bond donors (Lipinski definition) is 2. The molecule has 1 aliphatic carbocycles. The van der Waals surface area contributed by atoms with E-state index in [4.69, 9.17) is 0 Å². The van der Waals surface area contributed by atoms with E-state index >= 15 is 0 Å². The standard InChI is InChI=1S/C15H19NO4S/c17-14-8-11-4-2-1-3-10(11)7-13(14)15(18)16-12-5-6-21(19,20)9-12/h7-8,12,17H,1-6,9H2,(H,16,18). The fraction of sp³-hybridized carbons (Fsp3) is 0.533. The molecule has 0 spiro atoms. The minimum absolute atomic E-state index is 0.00948. The van der Waals surface area contributed by atoms with Gasteiger partial charge in [0, 0.05) is 6.04 Å². The van der Waals surface area contributed by atoms with Crippen molar-refractivity contribution in [2.45, 2.75) is 38.1 Å². The molecule has 114 valence electrons. The molecule has 2 aliphatic rings. The van der Waals surface area contributed by atoms with E-state index in [0.717, 1.165) is 36.8 Å². The fourth-order valence-electron chi connectivity index (χ4n) is 3.13. The van der Waals surface area contributed by atoms with Crippen molar-refractivity contribution >= 4 is 15.7 Å². The Balaban J connectivity index is 1.78. The van der Waals surface area contributed by atoms with Crippen LogP contribution in [0.25, 0.3) is 0 Å². The van der Waals surface area contributed by atoms with Gasteiger partial charge >= 0.3 is 0 Å². The number of hydrogen-bond acceptors (Lipinski definition) is 4. The molecule has 1 atom stereocenters. The van der Waals surface area contributed by atoms with Crippen LogP contribution in [0.1, 0.15) is 40.7 Å². The Morgan fingerprint density at radius 2 is 1.86 bits per heavy atom. The zero-order chi connectivity index (χ0) is 15.0. The Labute approximate surface area is 124 Å². The summed E-state index contributed by atoms with van der Waals surface area (Å²) in [6.07, 6.45) is 4.51. The smallest absolute Gasteiger partial charge is 0.255 e. The number of fused-ring (bicyclic) bond motifs is 1. The third-order valence-electron chi connectivity index (χ3n) is 4.27. The molecule has 0 radical (unpaired) electrons. The molecule has 5 nitrogen and oxygen atoms in total. The molecule has 21 heavy (non-hydrogen) atoms. The molecule has 1 unspecified atom stereocenters. The lowest BCUT2D eigenvalue weighted by Crippen LogP contribution is -2.35. The zero-order valence-electron chi connectivity index (χ0n) is 11.8. The van der Waals surface area contributed by atoms with E-state index in [-0.39, 0.29) is 34.8 Å². The summed E-state index contributed by atoms with van der Waals surface area (Å²) in [4.78, 5) is 12.3. The SMILES string of the molecule is O=C(NC1CCS(=O)(=O)C1)c1cc2c(cc1O)CCCC2. The van der Waals surface area contributed by atoms with Crippen LogP contribution in [0.4, 0.5) is 0 Å². The van der Waals surface area contributed by atoms with Crippen LogP contribution >= 0.6 is 0 Å². The van der Waals surface area contributed by atoms with E-state index in [1.165, 1.54) is 0 Å². The van der Waals surface area contributed by atoms with Crippen molar-refractivity contribution in [1.29, 1.82) is 0 Å². The van der Waals surface area contributed by atoms with E-state index < -0.39 is 9.84 Å². The predicted molar refractivity (Wildman–Crippen MR) is 79.3 cm³/mol. The van der Waals surface area contributed by atoms with Gasteiger partial charge in [-0.2, -0.15) is 0 Å². The number of aromatic hydroxyl groups is 1. The number of benzene rings is 1. The van der Waals surface area contributed by atoms with Crippen LogP contribution in [-0.2, 0) is 22.7 Å². The molecule has 1 amide bonds. The summed E-state index contributed by atoms with van der Waals surface area (Å²) in [6.45, 7) is 0. The summed E-state index contributed by atoms with van der Waals surface area (Å²) >= 11 is 0. The first-order valence-electron chi connectivity index (χ1n) is 7.31. The number of nitrogens with one attached hydrogen (secondary N) is 1. The minimum atomic E-state index is -3.02. The molecule has 1 fully saturated rings. The summed E-state index contributed by atoms with van der Waals surface area (Å²) in [7, 11) is -3.02. The molecule has 0 bridgehead atoms. The van der Waals surface area contributed by atoms with E-state index in [9.17, 15) is 18.3 Å². The summed E-state index contributed by atoms with van der Waals surface area (Å²) < 4.78 is 22.8. The molecule has 1 aliphatic heterocycles. The van der Waals surface area contributed by atoms with E-state index in [0.29, 0.717) is 6.42 Å². The van der Waals surface area contributed by atoms with Crippen LogP contribution in [0, 0.1) is 0 Å². The second kappa shape index (κ2) is 5.33. The second-order valence-electron chi connectivity index (χ2n) is 5.92. The van der Waals surface area contributed by atoms with Gasteiger partial charge in [-0.15, -0.1) is 0 Å². The summed E-state index contributed by atoms with van der Waals surface area (Å²) in [5.74, 6) is -0.296. The van der Waals surface area contributed by atoms with E-state index in [2.05, 4.69) is 5.32 Å². The number of carbonyl (C=O) groups excluding carboxylic acids is 1. The number of aryl methyl sites for hydroxylation is 2. The van der Waals surface area contributed by atoms with Gasteiger partial charge in [-0.3, -0.25) is 4.79 Å². The Kier molecular flexibility index (Phi) is 3.65. The number of phenols is 1. The maximum absolute atomic E-state index is 12.3. The van der Waals surface area contributed by atoms with Gasteiger partial charge in [0.15, 0.2) is 9.84 Å². The Hall–Kier alpha value is -1.56. The van der Waals surface area contributed by atoms with E-state index in [1.807, 2.05) is 0 Å². The Bertz CT molecular complexity index is 681. The minimum Gasteiger partial charge on any atom is -0.507 e. The van der Waals surface area contributed by atoms with Gasteiger partial charge in [0.2, 0.25) is 0 Å². The average Bonchev–Trinajstić information content (AvgIpc) is 2.77. The van der Waals surface area contributed by atoms with Gasteiger partial charge in [-0.25, -0.2) is 8.42 Å². The number of amides is 1. The Morgan fingerprint density at radius 1 is 1.19 bits per heavy atom. The third kappa shape index (κ3) is 3.05. The van der Waals surface area contributed by atoms with Crippen molar-refractivity contribution in [2.24, 2.45) is 0 Å². The largest absolute Gasteiger partial charge is 0.507 e. The molecule has 2 N–H and O–H groups in total. The molecule has 3 rings (SSSR count). The van der Waals surface area contributed by atoms with Gasteiger partial charge in [-0.05, 0) is 55.4 Å². The monoisotopic (exact) mass is 309 g/mol. The van der Waals surface area contributed by atoms with Crippen molar-refractivity contribution in [3.63, 3.8) is 0 Å². The molecule has 1 aromatic carbocycles. The quantitative estimate of drug-likeness (QED) is 0.859. The topological polar surface area (TPSA) is 83.5 Å². The predicted octanol–water partition coefficient (Wildman–Crippen LogP) is 1.19. The van der Waals surface area contributed by atoms with Gasteiger partial charge < -0.3 is 10.4 Å². The molecular weight excluding hydrogens is 290 g/mol. The van der Waals surface area contributed by atoms with Crippen LogP contribution in [0.5, 0.6) is 5.75 Å². The molecule has 0 aromatic heterocycles. The maximum atomic E-state index is 12.3. The first kappa shape index (κ1) is 14.4. The van der Waals surface area contributed by atoms with Crippen molar-refractivity contribution in [2.75, 3.05) is 11.5 Å². The first-order valence-corrected chi connectivity index (χ1v) is 9.13. The highest BCUT2D eigenvalue weighted by Gasteiger charge is 2.29. The van der Waals surface area contributed by atoms with Crippen molar-refractivity contribution in [3.8, 4) is 5.75 Å². The average molecular weight is 309 g/mol. The fourth-order valence-corrected chi connectivity index (χ4v) is 4.80. The van der Waals surface area contributed by atoms with E-state index in [1.54, 1.807) is 12.1 Å². The highest BCUT2D eigenvalue weighted by molar-refractivity contribution is 7.91. The molecule has 6 heteroatoms. The van der Waals surface area contributed by atoms with Gasteiger partial charge in [0.25, 0.3) is 5.91 Å². The highest BCUT2D eigenvalue weighted by atomic mass is 32.2. The molecule has 1 heterocycles. The van der Waals surface area contributed by atoms with Crippen molar-refractivity contribution in [3.05, 3.63) is 28.8 Å². The number of rotatable bonds is 2. The van der Waals surface area contributed by atoms with Gasteiger partial charge in [0.1, 0.15) is 5.75 Å². The number of phenolic OH excluding ortho intramolecular Hbond substituents is 1. The maximum Gasteiger partial charge on any atom is 0.255 e.